The summed E-state index contributed by atoms with van der Waals surface area (Å²) < 4.78 is 29.1. The maximum Gasteiger partial charge on any atom is 0.144 e. The molecule has 0 aliphatic carbocycles. The predicted octanol–water partition coefficient (Wildman–Crippen LogP) is 5.72. The number of amidine groups is 1. The molecule has 1 unspecified atom stereocenters. The van der Waals surface area contributed by atoms with Gasteiger partial charge in [0.2, 0.25) is 0 Å². The molecular weight excluding hydrogens is 398 g/mol. The van der Waals surface area contributed by atoms with E-state index in [1.54, 1.807) is 0 Å². The minimum absolute atomic E-state index is 0.0854. The summed E-state index contributed by atoms with van der Waals surface area (Å²) in [5.41, 5.74) is 3.73. The Hall–Kier alpha value is -3.29. The van der Waals surface area contributed by atoms with E-state index in [-0.39, 0.29) is 11.4 Å². The minimum Gasteiger partial charge on any atom is -0.370 e. The maximum absolute atomic E-state index is 14.5. The van der Waals surface area contributed by atoms with Crippen LogP contribution in [-0.2, 0) is 0 Å². The van der Waals surface area contributed by atoms with Gasteiger partial charge < -0.3 is 10.6 Å². The van der Waals surface area contributed by atoms with Crippen LogP contribution in [0, 0.1) is 31.4 Å². The number of aromatic amines is 1. The monoisotopic (exact) mass is 424 g/mol. The molecule has 31 heavy (non-hydrogen) atoms. The Morgan fingerprint density at radius 1 is 1.16 bits per heavy atom. The molecular formula is C23H26F2N6. The molecule has 0 fully saturated rings. The van der Waals surface area contributed by atoms with Crippen molar-refractivity contribution >= 4 is 23.0 Å². The van der Waals surface area contributed by atoms with Crippen LogP contribution in [0.1, 0.15) is 43.6 Å². The van der Waals surface area contributed by atoms with E-state index in [1.807, 2.05) is 19.9 Å². The van der Waals surface area contributed by atoms with E-state index in [9.17, 15) is 8.78 Å². The number of benzene rings is 1. The number of nitrogens with one attached hydrogen (secondary N) is 3. The van der Waals surface area contributed by atoms with E-state index < -0.39 is 11.6 Å². The number of H-pyrrole nitrogens is 1. The van der Waals surface area contributed by atoms with Crippen molar-refractivity contribution in [1.29, 1.82) is 0 Å². The van der Waals surface area contributed by atoms with E-state index in [0.29, 0.717) is 28.7 Å². The number of halogens is 2. The first-order chi connectivity index (χ1) is 14.9. The Balaban J connectivity index is 1.84. The Bertz CT molecular complexity index is 1130. The molecule has 0 saturated carbocycles. The molecule has 1 atom stereocenters. The molecule has 0 bridgehead atoms. The number of fused-ring (bicyclic) bond motifs is 3. The number of aliphatic imine (C=N–C) groups is 1. The average Bonchev–Trinajstić information content (AvgIpc) is 2.99. The van der Waals surface area contributed by atoms with E-state index in [0.717, 1.165) is 36.5 Å². The highest BCUT2D eigenvalue weighted by Crippen LogP contribution is 2.41. The molecule has 0 amide bonds. The first kappa shape index (κ1) is 21.0. The summed E-state index contributed by atoms with van der Waals surface area (Å²) >= 11 is 0. The zero-order valence-electron chi connectivity index (χ0n) is 18.1. The normalized spacial score (nSPS) is 13.5. The molecule has 8 heteroatoms. The molecule has 4 rings (SSSR count). The van der Waals surface area contributed by atoms with Gasteiger partial charge >= 0.3 is 0 Å². The third-order valence-corrected chi connectivity index (χ3v) is 5.45. The highest BCUT2D eigenvalue weighted by Gasteiger charge is 2.26. The number of pyridine rings is 1. The van der Waals surface area contributed by atoms with E-state index in [1.165, 1.54) is 18.2 Å². The number of hydrogen-bond donors (Lipinski definition) is 3. The first-order valence-electron chi connectivity index (χ1n) is 10.5. The Kier molecular flexibility index (Phi) is 5.71. The van der Waals surface area contributed by atoms with Gasteiger partial charge in [0, 0.05) is 12.1 Å². The molecule has 3 N–H and O–H groups in total. The Morgan fingerprint density at radius 3 is 2.61 bits per heavy atom. The topological polar surface area (TPSA) is 78.0 Å². The van der Waals surface area contributed by atoms with E-state index in [2.05, 4.69) is 44.7 Å². The Morgan fingerprint density at radius 2 is 1.90 bits per heavy atom. The lowest BCUT2D eigenvalue weighted by molar-refractivity contribution is 0.550. The van der Waals surface area contributed by atoms with Gasteiger partial charge in [0.25, 0.3) is 0 Å². The second kappa shape index (κ2) is 8.45. The van der Waals surface area contributed by atoms with Crippen LogP contribution in [0.25, 0.3) is 11.3 Å². The van der Waals surface area contributed by atoms with Crippen molar-refractivity contribution in [3.05, 3.63) is 52.9 Å². The highest BCUT2D eigenvalue weighted by atomic mass is 19.1. The molecule has 0 radical (unpaired) electrons. The predicted molar refractivity (Wildman–Crippen MR) is 120 cm³/mol. The van der Waals surface area contributed by atoms with Gasteiger partial charge in [0.1, 0.15) is 29.0 Å². The number of anilines is 2. The summed E-state index contributed by atoms with van der Waals surface area (Å²) in [6.45, 7) is 8.86. The molecule has 1 aliphatic rings. The number of rotatable bonds is 6. The van der Waals surface area contributed by atoms with Gasteiger partial charge in [-0.3, -0.25) is 5.10 Å². The quantitative estimate of drug-likeness (QED) is 0.473. The lowest BCUT2D eigenvalue weighted by Crippen LogP contribution is -2.17. The van der Waals surface area contributed by atoms with Crippen molar-refractivity contribution in [3.63, 3.8) is 0 Å². The van der Waals surface area contributed by atoms with Crippen LogP contribution in [0.15, 0.2) is 29.3 Å². The summed E-state index contributed by atoms with van der Waals surface area (Å²) in [7, 11) is 0. The molecule has 6 nitrogen and oxygen atoms in total. The van der Waals surface area contributed by atoms with Crippen molar-refractivity contribution in [1.82, 2.24) is 15.2 Å². The SMILES string of the molecule is CCCC(C)CNc1cc2c(c(C)n1)N=C(c1c(F)cccc1F)Nc1c-2n[nH]c1C. The second-order valence-corrected chi connectivity index (χ2v) is 8.02. The van der Waals surface area contributed by atoms with Gasteiger partial charge in [0.15, 0.2) is 0 Å². The number of aromatic nitrogens is 3. The van der Waals surface area contributed by atoms with Gasteiger partial charge in [-0.15, -0.1) is 0 Å². The minimum atomic E-state index is -0.689. The van der Waals surface area contributed by atoms with Crippen molar-refractivity contribution in [3.8, 4) is 11.3 Å². The number of nitrogens with zero attached hydrogens (tertiary/aromatic N) is 3. The summed E-state index contributed by atoms with van der Waals surface area (Å²) in [6, 6.07) is 5.66. The van der Waals surface area contributed by atoms with Gasteiger partial charge in [-0.1, -0.05) is 26.3 Å². The standard InChI is InChI=1S/C23H26F2N6/c1-5-7-12(2)11-26-18-10-15-20(13(3)27-18)28-23(19-16(24)8-6-9-17(19)25)29-21-14(4)30-31-22(15)21/h6,8-10,12H,5,7,11H2,1-4H3,(H,26,27)(H,28,29)(H,30,31). The van der Waals surface area contributed by atoms with E-state index >= 15 is 0 Å². The summed E-state index contributed by atoms with van der Waals surface area (Å²) in [6.07, 6.45) is 2.26. The van der Waals surface area contributed by atoms with Crippen LogP contribution >= 0.6 is 0 Å². The molecule has 2 aromatic heterocycles. The summed E-state index contributed by atoms with van der Waals surface area (Å²) in [5.74, 6) is -0.0503. The zero-order valence-corrected chi connectivity index (χ0v) is 18.1. The molecule has 3 aromatic rings. The summed E-state index contributed by atoms with van der Waals surface area (Å²) in [4.78, 5) is 9.25. The fourth-order valence-corrected chi connectivity index (χ4v) is 3.83. The van der Waals surface area contributed by atoms with Gasteiger partial charge in [-0.2, -0.15) is 5.10 Å². The van der Waals surface area contributed by atoms with Crippen molar-refractivity contribution < 1.29 is 8.78 Å². The van der Waals surface area contributed by atoms with Gasteiger partial charge in [-0.25, -0.2) is 18.8 Å². The number of aryl methyl sites for hydroxylation is 2. The number of hydrogen-bond acceptors (Lipinski definition) is 5. The average molecular weight is 424 g/mol. The third-order valence-electron chi connectivity index (χ3n) is 5.45. The lowest BCUT2D eigenvalue weighted by atomic mass is 10.1. The van der Waals surface area contributed by atoms with Gasteiger partial charge in [0.05, 0.1) is 28.3 Å². The van der Waals surface area contributed by atoms with Crippen molar-refractivity contribution in [2.75, 3.05) is 17.2 Å². The smallest absolute Gasteiger partial charge is 0.144 e. The van der Waals surface area contributed by atoms with E-state index in [4.69, 9.17) is 0 Å². The van der Waals surface area contributed by atoms with Crippen LogP contribution in [0.5, 0.6) is 0 Å². The van der Waals surface area contributed by atoms with Gasteiger partial charge in [-0.05, 0) is 44.4 Å². The summed E-state index contributed by atoms with van der Waals surface area (Å²) in [5, 5.41) is 13.9. The lowest BCUT2D eigenvalue weighted by Gasteiger charge is -2.14. The second-order valence-electron chi connectivity index (χ2n) is 8.02. The molecule has 162 valence electrons. The fraction of sp³-hybridized carbons (Fsp3) is 0.348. The fourth-order valence-electron chi connectivity index (χ4n) is 3.83. The van der Waals surface area contributed by atoms with Crippen LogP contribution < -0.4 is 10.6 Å². The Labute approximate surface area is 180 Å². The molecule has 1 aromatic carbocycles. The molecule has 3 heterocycles. The zero-order chi connectivity index (χ0) is 22.1. The van der Waals surface area contributed by atoms with Crippen LogP contribution in [-0.4, -0.2) is 27.6 Å². The highest BCUT2D eigenvalue weighted by molar-refractivity contribution is 6.13. The molecule has 1 aliphatic heterocycles. The van der Waals surface area contributed by atoms with Crippen molar-refractivity contribution in [2.24, 2.45) is 10.9 Å². The first-order valence-corrected chi connectivity index (χ1v) is 10.5. The van der Waals surface area contributed by atoms with Crippen LogP contribution in [0.4, 0.5) is 26.0 Å². The molecule has 0 spiro atoms. The third kappa shape index (κ3) is 4.02. The van der Waals surface area contributed by atoms with Crippen LogP contribution in [0.3, 0.4) is 0 Å². The van der Waals surface area contributed by atoms with Crippen molar-refractivity contribution in [2.45, 2.75) is 40.5 Å². The largest absolute Gasteiger partial charge is 0.370 e. The maximum atomic E-state index is 14.5. The molecule has 0 saturated heterocycles. The van der Waals surface area contributed by atoms with Crippen LogP contribution in [0.2, 0.25) is 0 Å².